The second kappa shape index (κ2) is 4.29. The van der Waals surface area contributed by atoms with Crippen LogP contribution in [0.25, 0.3) is 0 Å². The molecule has 1 rings (SSSR count). The largest absolute Gasteiger partial charge is 0.382 e. The SMILES string of the molecule is CC(C)(CNc1cccnc1N)S(C)(=O)=O. The molecule has 16 heavy (non-hydrogen) atoms. The average Bonchev–Trinajstić information content (AvgIpc) is 2.15. The minimum absolute atomic E-state index is 0.293. The number of nitrogens with two attached hydrogens (primary N) is 1. The van der Waals surface area contributed by atoms with Gasteiger partial charge in [-0.25, -0.2) is 13.4 Å². The minimum Gasteiger partial charge on any atom is -0.382 e. The van der Waals surface area contributed by atoms with E-state index in [1.807, 2.05) is 0 Å². The molecule has 0 atom stereocenters. The summed E-state index contributed by atoms with van der Waals surface area (Å²) in [5.41, 5.74) is 6.29. The Bertz CT molecular complexity index is 469. The molecule has 0 fully saturated rings. The van der Waals surface area contributed by atoms with Crippen LogP contribution in [-0.2, 0) is 9.84 Å². The van der Waals surface area contributed by atoms with Crippen molar-refractivity contribution in [1.29, 1.82) is 0 Å². The van der Waals surface area contributed by atoms with E-state index in [9.17, 15) is 8.42 Å². The Morgan fingerprint density at radius 2 is 2.12 bits per heavy atom. The maximum atomic E-state index is 11.5. The van der Waals surface area contributed by atoms with E-state index in [2.05, 4.69) is 10.3 Å². The van der Waals surface area contributed by atoms with Gasteiger partial charge in [-0.2, -0.15) is 0 Å². The first kappa shape index (κ1) is 12.8. The second-order valence-corrected chi connectivity index (χ2v) is 6.97. The van der Waals surface area contributed by atoms with Crippen molar-refractivity contribution in [2.45, 2.75) is 18.6 Å². The number of nitrogens with one attached hydrogen (secondary N) is 1. The van der Waals surface area contributed by atoms with Crippen LogP contribution in [0.2, 0.25) is 0 Å². The van der Waals surface area contributed by atoms with Crippen LogP contribution in [0.4, 0.5) is 11.5 Å². The van der Waals surface area contributed by atoms with Gasteiger partial charge in [0.05, 0.1) is 10.4 Å². The van der Waals surface area contributed by atoms with E-state index >= 15 is 0 Å². The topological polar surface area (TPSA) is 85.1 Å². The molecule has 0 saturated carbocycles. The fourth-order valence-corrected chi connectivity index (χ4v) is 1.34. The summed E-state index contributed by atoms with van der Waals surface area (Å²) in [6.07, 6.45) is 2.81. The molecule has 1 heterocycles. The average molecular weight is 243 g/mol. The Labute approximate surface area is 96.0 Å². The van der Waals surface area contributed by atoms with Crippen LogP contribution in [0, 0.1) is 0 Å². The number of nitrogen functional groups attached to an aromatic ring is 1. The third-order valence-corrected chi connectivity index (χ3v) is 4.70. The zero-order chi connectivity index (χ0) is 12.4. The molecule has 1 aromatic rings. The first-order valence-electron chi connectivity index (χ1n) is 4.88. The Morgan fingerprint density at radius 3 is 2.62 bits per heavy atom. The maximum Gasteiger partial charge on any atom is 0.154 e. The molecule has 6 heteroatoms. The zero-order valence-corrected chi connectivity index (χ0v) is 10.5. The van der Waals surface area contributed by atoms with E-state index in [1.54, 1.807) is 32.2 Å². The van der Waals surface area contributed by atoms with Gasteiger partial charge in [-0.15, -0.1) is 0 Å². The summed E-state index contributed by atoms with van der Waals surface area (Å²) in [4.78, 5) is 3.91. The van der Waals surface area contributed by atoms with Crippen molar-refractivity contribution in [2.75, 3.05) is 23.9 Å². The lowest BCUT2D eigenvalue weighted by Gasteiger charge is -2.23. The van der Waals surface area contributed by atoms with Crippen molar-refractivity contribution in [3.8, 4) is 0 Å². The Kier molecular flexibility index (Phi) is 3.42. The summed E-state index contributed by atoms with van der Waals surface area (Å²) in [5.74, 6) is 0.367. The predicted molar refractivity (Wildman–Crippen MR) is 66.1 cm³/mol. The molecule has 0 amide bonds. The Balaban J connectivity index is 2.77. The van der Waals surface area contributed by atoms with E-state index < -0.39 is 14.6 Å². The summed E-state index contributed by atoms with van der Waals surface area (Å²) in [5, 5.41) is 2.99. The van der Waals surface area contributed by atoms with Crippen LogP contribution in [0.5, 0.6) is 0 Å². The highest BCUT2D eigenvalue weighted by molar-refractivity contribution is 7.92. The molecule has 0 aliphatic rings. The monoisotopic (exact) mass is 243 g/mol. The molecule has 0 aliphatic carbocycles. The number of hydrogen-bond donors (Lipinski definition) is 2. The highest BCUT2D eigenvalue weighted by Crippen LogP contribution is 2.19. The number of rotatable bonds is 4. The van der Waals surface area contributed by atoms with Gasteiger partial charge in [0.15, 0.2) is 9.84 Å². The fraction of sp³-hybridized carbons (Fsp3) is 0.500. The van der Waals surface area contributed by atoms with Gasteiger partial charge in [0.1, 0.15) is 5.82 Å². The first-order valence-corrected chi connectivity index (χ1v) is 6.77. The van der Waals surface area contributed by atoms with Crippen LogP contribution in [0.3, 0.4) is 0 Å². The molecule has 1 aromatic heterocycles. The molecule has 3 N–H and O–H groups in total. The standard InChI is InChI=1S/C10H17N3O2S/c1-10(2,16(3,14)15)7-13-8-5-4-6-12-9(8)11/h4-6,13H,7H2,1-3H3,(H2,11,12). The normalized spacial score (nSPS) is 12.4. The summed E-state index contributed by atoms with van der Waals surface area (Å²) in [6, 6.07) is 3.51. The molecule has 0 radical (unpaired) electrons. The first-order chi connectivity index (χ1) is 7.24. The lowest BCUT2D eigenvalue weighted by Crippen LogP contribution is -2.38. The van der Waals surface area contributed by atoms with Crippen LogP contribution < -0.4 is 11.1 Å². The number of sulfone groups is 1. The van der Waals surface area contributed by atoms with Gasteiger partial charge in [-0.3, -0.25) is 0 Å². The van der Waals surface area contributed by atoms with Gasteiger partial charge in [-0.05, 0) is 26.0 Å². The van der Waals surface area contributed by atoms with Crippen molar-refractivity contribution >= 4 is 21.3 Å². The van der Waals surface area contributed by atoms with E-state index in [4.69, 9.17) is 5.73 Å². The molecule has 0 spiro atoms. The lowest BCUT2D eigenvalue weighted by molar-refractivity contribution is 0.560. The molecule has 0 bridgehead atoms. The summed E-state index contributed by atoms with van der Waals surface area (Å²) >= 11 is 0. The fourth-order valence-electron chi connectivity index (χ4n) is 1.01. The Hall–Kier alpha value is -1.30. The summed E-state index contributed by atoms with van der Waals surface area (Å²) in [7, 11) is -3.11. The highest BCUT2D eigenvalue weighted by Gasteiger charge is 2.29. The van der Waals surface area contributed by atoms with Crippen molar-refractivity contribution in [1.82, 2.24) is 4.98 Å². The molecule has 90 valence electrons. The summed E-state index contributed by atoms with van der Waals surface area (Å²) in [6.45, 7) is 3.63. The van der Waals surface area contributed by atoms with Crippen LogP contribution >= 0.6 is 0 Å². The number of anilines is 2. The minimum atomic E-state index is -3.11. The number of pyridine rings is 1. The molecule has 0 aromatic carbocycles. The van der Waals surface area contributed by atoms with Gasteiger partial charge in [0.2, 0.25) is 0 Å². The van der Waals surface area contributed by atoms with Crippen molar-refractivity contribution < 1.29 is 8.42 Å². The van der Waals surface area contributed by atoms with Gasteiger partial charge < -0.3 is 11.1 Å². The van der Waals surface area contributed by atoms with Crippen molar-refractivity contribution in [2.24, 2.45) is 0 Å². The van der Waals surface area contributed by atoms with E-state index in [1.165, 1.54) is 6.26 Å². The third-order valence-electron chi connectivity index (χ3n) is 2.55. The van der Waals surface area contributed by atoms with Gasteiger partial charge in [0.25, 0.3) is 0 Å². The second-order valence-electron chi connectivity index (χ2n) is 4.32. The smallest absolute Gasteiger partial charge is 0.154 e. The number of nitrogens with zero attached hydrogens (tertiary/aromatic N) is 1. The van der Waals surface area contributed by atoms with Gasteiger partial charge in [-0.1, -0.05) is 0 Å². The summed E-state index contributed by atoms with van der Waals surface area (Å²) < 4.78 is 22.1. The molecule has 0 aliphatic heterocycles. The van der Waals surface area contributed by atoms with Crippen molar-refractivity contribution in [3.05, 3.63) is 18.3 Å². The maximum absolute atomic E-state index is 11.5. The van der Waals surface area contributed by atoms with E-state index in [0.717, 1.165) is 0 Å². The van der Waals surface area contributed by atoms with Crippen LogP contribution in [-0.4, -0.2) is 30.9 Å². The zero-order valence-electron chi connectivity index (χ0n) is 9.69. The molecular weight excluding hydrogens is 226 g/mol. The Morgan fingerprint density at radius 1 is 1.50 bits per heavy atom. The highest BCUT2D eigenvalue weighted by atomic mass is 32.2. The van der Waals surface area contributed by atoms with Crippen molar-refractivity contribution in [3.63, 3.8) is 0 Å². The quantitative estimate of drug-likeness (QED) is 0.820. The van der Waals surface area contributed by atoms with E-state index in [-0.39, 0.29) is 0 Å². The number of aromatic nitrogens is 1. The van der Waals surface area contributed by atoms with Gasteiger partial charge in [0, 0.05) is 19.0 Å². The van der Waals surface area contributed by atoms with Crippen LogP contribution in [0.1, 0.15) is 13.8 Å². The molecule has 0 saturated heterocycles. The molecular formula is C10H17N3O2S. The van der Waals surface area contributed by atoms with E-state index in [0.29, 0.717) is 18.1 Å². The third kappa shape index (κ3) is 2.85. The molecule has 5 nitrogen and oxygen atoms in total. The predicted octanol–water partition coefficient (Wildman–Crippen LogP) is 0.899. The number of hydrogen-bond acceptors (Lipinski definition) is 5. The molecule has 0 unspecified atom stereocenters. The lowest BCUT2D eigenvalue weighted by atomic mass is 10.2. The van der Waals surface area contributed by atoms with Gasteiger partial charge >= 0.3 is 0 Å². The van der Waals surface area contributed by atoms with Crippen LogP contribution in [0.15, 0.2) is 18.3 Å².